The second-order valence-corrected chi connectivity index (χ2v) is 7.75. The van der Waals surface area contributed by atoms with E-state index < -0.39 is 11.0 Å². The van der Waals surface area contributed by atoms with Crippen molar-refractivity contribution in [2.75, 3.05) is 20.2 Å². The van der Waals surface area contributed by atoms with Gasteiger partial charge in [0.1, 0.15) is 11.4 Å². The summed E-state index contributed by atoms with van der Waals surface area (Å²) in [7, 11) is 1.60. The van der Waals surface area contributed by atoms with E-state index in [1.807, 2.05) is 39.0 Å². The molecule has 1 aliphatic carbocycles. The number of piperidine rings is 1. The molecule has 2 aliphatic rings. The van der Waals surface area contributed by atoms with Gasteiger partial charge in [-0.1, -0.05) is 12.1 Å². The third-order valence-electron chi connectivity index (χ3n) is 4.94. The Bertz CT molecular complexity index is 666. The molecule has 0 bridgehead atoms. The number of carbonyl (C=O) groups excluding carboxylic acids is 2. The molecule has 5 heteroatoms. The summed E-state index contributed by atoms with van der Waals surface area (Å²) < 4.78 is 10.8. The van der Waals surface area contributed by atoms with Crippen molar-refractivity contribution in [1.29, 1.82) is 0 Å². The number of methoxy groups -OCH3 is 1. The van der Waals surface area contributed by atoms with Gasteiger partial charge in [-0.3, -0.25) is 4.79 Å². The Kier molecular flexibility index (Phi) is 4.06. The summed E-state index contributed by atoms with van der Waals surface area (Å²) in [6, 6.07) is 5.77. The Morgan fingerprint density at radius 1 is 1.21 bits per heavy atom. The molecule has 0 N–H and O–H groups in total. The maximum absolute atomic E-state index is 13.0. The number of hydrogen-bond donors (Lipinski definition) is 0. The van der Waals surface area contributed by atoms with Crippen molar-refractivity contribution in [1.82, 2.24) is 4.90 Å². The van der Waals surface area contributed by atoms with Crippen LogP contribution in [0.5, 0.6) is 5.75 Å². The van der Waals surface area contributed by atoms with Gasteiger partial charge in [0, 0.05) is 18.5 Å². The van der Waals surface area contributed by atoms with Crippen molar-refractivity contribution in [2.24, 2.45) is 5.41 Å². The summed E-state index contributed by atoms with van der Waals surface area (Å²) >= 11 is 0. The van der Waals surface area contributed by atoms with E-state index in [1.54, 1.807) is 12.0 Å². The molecular weight excluding hydrogens is 306 g/mol. The fraction of sp³-hybridized carbons (Fsp3) is 0.579. The first kappa shape index (κ1) is 16.8. The highest BCUT2D eigenvalue weighted by atomic mass is 16.6. The minimum Gasteiger partial charge on any atom is -0.496 e. The molecule has 0 radical (unpaired) electrons. The van der Waals surface area contributed by atoms with E-state index in [0.717, 1.165) is 17.5 Å². The van der Waals surface area contributed by atoms with Crippen LogP contribution in [-0.4, -0.2) is 42.6 Å². The largest absolute Gasteiger partial charge is 0.496 e. The van der Waals surface area contributed by atoms with Gasteiger partial charge in [0.25, 0.3) is 0 Å². The number of ether oxygens (including phenoxy) is 2. The number of Topliss-reactive ketones (excluding diaryl/α,β-unsaturated/α-hetero) is 1. The molecule has 5 nitrogen and oxygen atoms in total. The van der Waals surface area contributed by atoms with E-state index in [4.69, 9.17) is 9.47 Å². The molecule has 3 rings (SSSR count). The normalized spacial score (nSPS) is 19.3. The average Bonchev–Trinajstić information content (AvgIpc) is 2.79. The van der Waals surface area contributed by atoms with Gasteiger partial charge in [-0.2, -0.15) is 0 Å². The minimum absolute atomic E-state index is 0.166. The lowest BCUT2D eigenvalue weighted by atomic mass is 9.75. The van der Waals surface area contributed by atoms with Crippen LogP contribution in [0.25, 0.3) is 0 Å². The molecule has 1 amide bonds. The van der Waals surface area contributed by atoms with E-state index >= 15 is 0 Å². The number of likely N-dealkylation sites (tertiary alicyclic amines) is 1. The van der Waals surface area contributed by atoms with Crippen LogP contribution in [-0.2, 0) is 11.2 Å². The van der Waals surface area contributed by atoms with Crippen LogP contribution in [0.1, 0.15) is 49.5 Å². The van der Waals surface area contributed by atoms with Gasteiger partial charge in [-0.15, -0.1) is 0 Å². The summed E-state index contributed by atoms with van der Waals surface area (Å²) in [5.41, 5.74) is 0.893. The molecule has 1 saturated heterocycles. The Hall–Kier alpha value is -2.04. The van der Waals surface area contributed by atoms with Gasteiger partial charge in [0.15, 0.2) is 5.78 Å². The molecule has 1 fully saturated rings. The molecule has 1 spiro atoms. The zero-order valence-electron chi connectivity index (χ0n) is 14.8. The van der Waals surface area contributed by atoms with Gasteiger partial charge >= 0.3 is 6.09 Å². The Labute approximate surface area is 142 Å². The van der Waals surface area contributed by atoms with E-state index in [-0.39, 0.29) is 11.9 Å². The molecular formula is C19H25NO4. The number of hydrogen-bond acceptors (Lipinski definition) is 4. The summed E-state index contributed by atoms with van der Waals surface area (Å²) in [5, 5.41) is 0. The first-order chi connectivity index (χ1) is 11.3. The Morgan fingerprint density at radius 2 is 1.88 bits per heavy atom. The van der Waals surface area contributed by atoms with Crippen LogP contribution < -0.4 is 4.74 Å². The molecule has 1 heterocycles. The number of benzene rings is 1. The molecule has 1 aromatic rings. The molecule has 24 heavy (non-hydrogen) atoms. The Balaban J connectivity index is 1.73. The average molecular weight is 331 g/mol. The SMILES string of the molecule is COc1cccc2c1C(=O)C1(CCN(C(=O)OC(C)(C)C)CC1)C2. The second kappa shape index (κ2) is 5.80. The number of ketones is 1. The predicted octanol–water partition coefficient (Wildman–Crippen LogP) is 3.45. The molecule has 0 atom stereocenters. The summed E-state index contributed by atoms with van der Waals surface area (Å²) in [6.07, 6.45) is 1.78. The quantitative estimate of drug-likeness (QED) is 0.791. The predicted molar refractivity (Wildman–Crippen MR) is 90.5 cm³/mol. The second-order valence-electron chi connectivity index (χ2n) is 7.75. The third-order valence-corrected chi connectivity index (χ3v) is 4.94. The highest BCUT2D eigenvalue weighted by molar-refractivity contribution is 6.07. The topological polar surface area (TPSA) is 55.8 Å². The molecule has 130 valence electrons. The fourth-order valence-electron chi connectivity index (χ4n) is 3.71. The van der Waals surface area contributed by atoms with Crippen molar-refractivity contribution < 1.29 is 19.1 Å². The number of rotatable bonds is 1. The summed E-state index contributed by atoms with van der Waals surface area (Å²) in [6.45, 7) is 6.69. The van der Waals surface area contributed by atoms with Crippen molar-refractivity contribution in [2.45, 2.75) is 45.6 Å². The zero-order valence-corrected chi connectivity index (χ0v) is 14.8. The van der Waals surface area contributed by atoms with Crippen molar-refractivity contribution in [3.05, 3.63) is 29.3 Å². The van der Waals surface area contributed by atoms with Crippen LogP contribution >= 0.6 is 0 Å². The third kappa shape index (κ3) is 2.87. The van der Waals surface area contributed by atoms with Crippen LogP contribution in [0.15, 0.2) is 18.2 Å². The zero-order chi connectivity index (χ0) is 17.5. The maximum Gasteiger partial charge on any atom is 0.410 e. The first-order valence-electron chi connectivity index (χ1n) is 8.44. The highest BCUT2D eigenvalue weighted by Gasteiger charge is 2.49. The number of fused-ring (bicyclic) bond motifs is 1. The number of carbonyl (C=O) groups is 2. The lowest BCUT2D eigenvalue weighted by molar-refractivity contribution is 0.0113. The summed E-state index contributed by atoms with van der Waals surface area (Å²) in [4.78, 5) is 27.0. The van der Waals surface area contributed by atoms with Gasteiger partial charge in [-0.05, 0) is 51.7 Å². The van der Waals surface area contributed by atoms with E-state index in [0.29, 0.717) is 31.7 Å². The maximum atomic E-state index is 13.0. The summed E-state index contributed by atoms with van der Waals surface area (Å²) in [5.74, 6) is 0.822. The van der Waals surface area contributed by atoms with Gasteiger partial charge in [0.05, 0.1) is 12.7 Å². The molecule has 0 unspecified atom stereocenters. The monoisotopic (exact) mass is 331 g/mol. The van der Waals surface area contributed by atoms with Crippen LogP contribution in [0.4, 0.5) is 4.79 Å². The lowest BCUT2D eigenvalue weighted by Gasteiger charge is -2.38. The lowest BCUT2D eigenvalue weighted by Crippen LogP contribution is -2.47. The van der Waals surface area contributed by atoms with Crippen LogP contribution in [0.2, 0.25) is 0 Å². The van der Waals surface area contributed by atoms with Crippen molar-refractivity contribution in [3.63, 3.8) is 0 Å². The molecule has 1 aliphatic heterocycles. The molecule has 0 aromatic heterocycles. The first-order valence-corrected chi connectivity index (χ1v) is 8.44. The minimum atomic E-state index is -0.501. The van der Waals surface area contributed by atoms with Crippen molar-refractivity contribution in [3.8, 4) is 5.75 Å². The molecule has 0 saturated carbocycles. The van der Waals surface area contributed by atoms with E-state index in [2.05, 4.69) is 0 Å². The van der Waals surface area contributed by atoms with Gasteiger partial charge < -0.3 is 14.4 Å². The smallest absolute Gasteiger partial charge is 0.410 e. The van der Waals surface area contributed by atoms with Crippen LogP contribution in [0.3, 0.4) is 0 Å². The Morgan fingerprint density at radius 3 is 2.46 bits per heavy atom. The van der Waals surface area contributed by atoms with Crippen molar-refractivity contribution >= 4 is 11.9 Å². The van der Waals surface area contributed by atoms with E-state index in [9.17, 15) is 9.59 Å². The number of amides is 1. The molecule has 1 aromatic carbocycles. The van der Waals surface area contributed by atoms with Gasteiger partial charge in [-0.25, -0.2) is 4.79 Å². The van der Waals surface area contributed by atoms with Gasteiger partial charge in [0.2, 0.25) is 0 Å². The number of nitrogens with zero attached hydrogens (tertiary/aromatic N) is 1. The van der Waals surface area contributed by atoms with Crippen LogP contribution in [0, 0.1) is 5.41 Å². The highest BCUT2D eigenvalue weighted by Crippen LogP contribution is 2.47. The standard InChI is InChI=1S/C19H25NO4/c1-18(2,3)24-17(22)20-10-8-19(9-11-20)12-13-6-5-7-14(23-4)15(13)16(19)21/h5-7H,8-12H2,1-4H3. The van der Waals surface area contributed by atoms with E-state index in [1.165, 1.54) is 0 Å². The fourth-order valence-corrected chi connectivity index (χ4v) is 3.71.